The Morgan fingerprint density at radius 3 is 0.630 bits per heavy atom. The maximum atomic E-state index is 10.3. The fourth-order valence-electron chi connectivity index (χ4n) is 8.50. The Morgan fingerprint density at radius 1 is 0.315 bits per heavy atom. The van der Waals surface area contributed by atoms with E-state index >= 15 is 0 Å². The van der Waals surface area contributed by atoms with Gasteiger partial charge in [-0.25, -0.2) is 0 Å². The first-order chi connectivity index (χ1) is 42.2. The largest absolute Gasteiger partial charge is 0.505 e. The zero-order valence-electron chi connectivity index (χ0n) is 51.8. The number of aromatic nitrogens is 4. The van der Waals surface area contributed by atoms with E-state index in [0.717, 1.165) is 22.3 Å². The first-order valence-corrected chi connectivity index (χ1v) is 28.3. The summed E-state index contributed by atoms with van der Waals surface area (Å²) in [6, 6.07) is 35.6. The second-order valence-corrected chi connectivity index (χ2v) is 20.7. The van der Waals surface area contributed by atoms with Crippen LogP contribution in [0.25, 0.3) is 0 Å². The van der Waals surface area contributed by atoms with Crippen molar-refractivity contribution < 1.29 is 130 Å². The first kappa shape index (κ1) is 83.1. The molecule has 8 atom stereocenters. The van der Waals surface area contributed by atoms with E-state index in [4.69, 9.17) is 0 Å². The Labute approximate surface area is 579 Å². The summed E-state index contributed by atoms with van der Waals surface area (Å²) in [7, 11) is 0. The van der Waals surface area contributed by atoms with Gasteiger partial charge in [0.2, 0.25) is 0 Å². The number of aliphatic hydroxyl groups is 8. The van der Waals surface area contributed by atoms with E-state index in [2.05, 4.69) is 39.9 Å². The second kappa shape index (κ2) is 42.4. The van der Waals surface area contributed by atoms with Gasteiger partial charge in [-0.05, 0) is 77.6 Å². The van der Waals surface area contributed by atoms with Crippen molar-refractivity contribution >= 4 is 24.9 Å². The summed E-state index contributed by atoms with van der Waals surface area (Å²) in [6.45, 7) is 12.9. The second-order valence-electron chi connectivity index (χ2n) is 20.7. The van der Waals surface area contributed by atoms with Crippen molar-refractivity contribution in [3.8, 4) is 23.0 Å². The minimum atomic E-state index is -0.736. The predicted molar refractivity (Wildman–Crippen MR) is 340 cm³/mol. The summed E-state index contributed by atoms with van der Waals surface area (Å²) in [5.74, 6) is -0.0122. The quantitative estimate of drug-likeness (QED) is 0.0251. The normalized spacial score (nSPS) is 13.6. The van der Waals surface area contributed by atoms with Gasteiger partial charge < -0.3 is 61.3 Å². The average Bonchev–Trinajstić information content (AvgIpc) is 1.51. The Hall–Kier alpha value is -6.88. The maximum absolute atomic E-state index is 10.3. The molecule has 8 aromatic rings. The van der Waals surface area contributed by atoms with Crippen LogP contribution in [-0.4, -0.2) is 130 Å². The number of nitrogens with zero attached hydrogens (tertiary/aromatic N) is 8. The molecule has 12 N–H and O–H groups in total. The molecule has 0 saturated carbocycles. The molecule has 0 aliphatic rings. The van der Waals surface area contributed by atoms with Gasteiger partial charge in [0, 0.05) is 162 Å². The fraction of sp³-hybridized carbons (Fsp3) is 0.294. The van der Waals surface area contributed by atoms with Gasteiger partial charge in [0.1, 0.15) is 47.4 Å². The Kier molecular flexibility index (Phi) is 38.3. The van der Waals surface area contributed by atoms with Crippen LogP contribution in [0.15, 0.2) is 166 Å². The molecular formula is C68H80Cu4N8O12. The summed E-state index contributed by atoms with van der Waals surface area (Å²) < 4.78 is 0. The number of aryl methyl sites for hydroxylation is 4. The van der Waals surface area contributed by atoms with Crippen molar-refractivity contribution in [1.29, 1.82) is 0 Å². The zero-order chi connectivity index (χ0) is 64.5. The van der Waals surface area contributed by atoms with Gasteiger partial charge in [-0.15, -0.1) is 0 Å². The number of hydrogen-bond acceptors (Lipinski definition) is 20. The van der Waals surface area contributed by atoms with Crippen LogP contribution >= 0.6 is 0 Å². The number of hydrogen-bond donors (Lipinski definition) is 12. The molecule has 20 nitrogen and oxygen atoms in total. The summed E-state index contributed by atoms with van der Waals surface area (Å²) >= 11 is 0. The van der Waals surface area contributed by atoms with Crippen LogP contribution < -0.4 is 0 Å². The number of rotatable bonds is 20. The molecule has 0 aliphatic carbocycles. The zero-order valence-corrected chi connectivity index (χ0v) is 55.5. The topological polar surface area (TPSA) is 344 Å². The summed E-state index contributed by atoms with van der Waals surface area (Å²) in [5.41, 5.74) is 8.70. The van der Waals surface area contributed by atoms with Crippen molar-refractivity contribution in [2.45, 2.75) is 130 Å². The van der Waals surface area contributed by atoms with Crippen molar-refractivity contribution in [2.75, 3.05) is 0 Å². The van der Waals surface area contributed by atoms with Crippen LogP contribution in [0.2, 0.25) is 0 Å². The standard InChI is InChI=1S/4C17H20N2O3.4Cu/c4*1-11(16(21)13-6-4-3-5-7-13)19-9-15-14(10-20)8-18-12(2)17(15)22;;;;/h4*3-9,11,16,20-22H,10H2,1-2H3;;;;. The molecule has 0 aliphatic heterocycles. The molecule has 92 heavy (non-hydrogen) atoms. The number of pyridine rings is 4. The van der Waals surface area contributed by atoms with E-state index in [0.29, 0.717) is 67.3 Å². The van der Waals surface area contributed by atoms with Crippen LogP contribution in [0.4, 0.5) is 0 Å². The van der Waals surface area contributed by atoms with E-state index in [9.17, 15) is 61.3 Å². The molecule has 8 rings (SSSR count). The van der Waals surface area contributed by atoms with E-state index in [1.807, 2.05) is 121 Å². The molecular weight excluding hydrogens is 1370 g/mol. The molecule has 4 aromatic carbocycles. The number of benzene rings is 4. The SMILES string of the molecule is Cc1ncc(CO)c(C=NC(C)C(O)c2ccccc2)c1O.Cc1ncc(CO)c(C=NC(C)C(O)c2ccccc2)c1O.Cc1ncc(CO)c(C=NC(C)C(O)c2ccccc2)c1O.Cc1ncc(CO)c(C=NC(C)C(O)c2ccccc2)c1O.[Cu].[Cu].[Cu].[Cu]. The monoisotopic (exact) mass is 1450 g/mol. The minimum absolute atomic E-state index is 0. The van der Waals surface area contributed by atoms with E-state index in [1.54, 1.807) is 55.4 Å². The summed E-state index contributed by atoms with van der Waals surface area (Å²) in [5, 5.41) is 119. The van der Waals surface area contributed by atoms with Gasteiger partial charge in [0.05, 0.1) is 73.4 Å². The van der Waals surface area contributed by atoms with Crippen molar-refractivity contribution in [3.05, 3.63) is 236 Å². The molecule has 0 fully saturated rings. The van der Waals surface area contributed by atoms with Gasteiger partial charge in [-0.1, -0.05) is 121 Å². The molecule has 4 aromatic heterocycles. The molecule has 24 heteroatoms. The first-order valence-electron chi connectivity index (χ1n) is 28.3. The Balaban J connectivity index is 0.000000605. The third-order valence-electron chi connectivity index (χ3n) is 14.3. The third-order valence-corrected chi connectivity index (χ3v) is 14.3. The predicted octanol–water partition coefficient (Wildman–Crippen LogP) is 8.51. The van der Waals surface area contributed by atoms with E-state index < -0.39 is 24.4 Å². The van der Waals surface area contributed by atoms with Crippen molar-refractivity contribution in [2.24, 2.45) is 20.0 Å². The smallest absolute Gasteiger partial charge is 0.145 e. The van der Waals surface area contributed by atoms with Crippen LogP contribution in [0, 0.1) is 27.7 Å². The van der Waals surface area contributed by atoms with Gasteiger partial charge in [0.25, 0.3) is 0 Å². The molecule has 0 spiro atoms. The fourth-order valence-corrected chi connectivity index (χ4v) is 8.50. The van der Waals surface area contributed by atoms with Crippen molar-refractivity contribution in [3.63, 3.8) is 0 Å². The molecule has 0 bridgehead atoms. The molecule has 8 unspecified atom stereocenters. The minimum Gasteiger partial charge on any atom is -0.505 e. The molecule has 4 heterocycles. The van der Waals surface area contributed by atoms with E-state index in [1.165, 1.54) is 49.6 Å². The maximum Gasteiger partial charge on any atom is 0.145 e. The van der Waals surface area contributed by atoms with Gasteiger partial charge in [0.15, 0.2) is 0 Å². The third kappa shape index (κ3) is 23.9. The van der Waals surface area contributed by atoms with Gasteiger partial charge in [-0.2, -0.15) is 0 Å². The Morgan fingerprint density at radius 2 is 0.478 bits per heavy atom. The van der Waals surface area contributed by atoms with Gasteiger partial charge >= 0.3 is 0 Å². The molecule has 0 saturated heterocycles. The summed E-state index contributed by atoms with van der Waals surface area (Å²) in [6.07, 6.45) is 9.00. The van der Waals surface area contributed by atoms with Crippen LogP contribution in [-0.2, 0) is 94.7 Å². The summed E-state index contributed by atoms with van der Waals surface area (Å²) in [4.78, 5) is 33.2. The van der Waals surface area contributed by atoms with Gasteiger partial charge in [-0.3, -0.25) is 39.9 Å². The number of aromatic hydroxyl groups is 4. The van der Waals surface area contributed by atoms with Crippen LogP contribution in [0.5, 0.6) is 23.0 Å². The number of aliphatic hydroxyl groups excluding tert-OH is 8. The Bertz CT molecular complexity index is 3120. The van der Waals surface area contributed by atoms with Crippen molar-refractivity contribution in [1.82, 2.24) is 19.9 Å². The number of aliphatic imine (C=N–C) groups is 4. The molecule has 508 valence electrons. The van der Waals surface area contributed by atoms with E-state index in [-0.39, 0.29) is 142 Å². The molecule has 0 amide bonds. The van der Waals surface area contributed by atoms with Crippen LogP contribution in [0.3, 0.4) is 0 Å². The molecule has 4 radical (unpaired) electrons. The van der Waals surface area contributed by atoms with Crippen LogP contribution in [0.1, 0.15) is 142 Å². The average molecular weight is 1460 g/mol.